The molecule has 0 saturated heterocycles. The molecule has 0 spiro atoms. The first-order valence-electron chi connectivity index (χ1n) is 10.1. The summed E-state index contributed by atoms with van der Waals surface area (Å²) in [6.45, 7) is 3.82. The molecule has 0 aliphatic rings. The molecule has 0 radical (unpaired) electrons. The van der Waals surface area contributed by atoms with Crippen molar-refractivity contribution in [2.45, 2.75) is 26.3 Å². The molecule has 0 fully saturated rings. The van der Waals surface area contributed by atoms with Crippen molar-refractivity contribution in [1.82, 2.24) is 15.5 Å². The van der Waals surface area contributed by atoms with E-state index in [1.807, 2.05) is 38.1 Å². The topological polar surface area (TPSA) is 105 Å². The van der Waals surface area contributed by atoms with Gasteiger partial charge in [0.1, 0.15) is 16.8 Å². The molecule has 3 N–H and O–H groups in total. The lowest BCUT2D eigenvalue weighted by Gasteiger charge is -2.23. The normalized spacial score (nSPS) is 12.5. The molecule has 33 heavy (non-hydrogen) atoms. The van der Waals surface area contributed by atoms with E-state index >= 15 is 0 Å². The summed E-state index contributed by atoms with van der Waals surface area (Å²) < 4.78 is 5.16. The summed E-state index contributed by atoms with van der Waals surface area (Å²) in [5, 5.41) is 18.0. The number of nitrogens with zero attached hydrogens (tertiary/aromatic N) is 2. The van der Waals surface area contributed by atoms with Crippen molar-refractivity contribution in [3.8, 4) is 16.3 Å². The van der Waals surface area contributed by atoms with E-state index in [4.69, 9.17) is 27.9 Å². The average Bonchev–Trinajstić information content (AvgIpc) is 3.27. The number of rotatable bonds is 8. The number of benzene rings is 2. The fraction of sp³-hybridized carbons (Fsp3) is 0.273. The van der Waals surface area contributed by atoms with E-state index in [1.54, 1.807) is 19.2 Å². The van der Waals surface area contributed by atoms with Crippen LogP contribution in [0.4, 0.5) is 15.6 Å². The number of urea groups is 1. The van der Waals surface area contributed by atoms with Gasteiger partial charge < -0.3 is 15.4 Å². The highest BCUT2D eigenvalue weighted by molar-refractivity contribution is 7.18. The number of amides is 3. The van der Waals surface area contributed by atoms with E-state index in [9.17, 15) is 9.59 Å². The zero-order chi connectivity index (χ0) is 24.0. The van der Waals surface area contributed by atoms with E-state index in [2.05, 4.69) is 26.1 Å². The lowest BCUT2D eigenvalue weighted by Crippen LogP contribution is -2.49. The molecule has 1 heterocycles. The number of carbonyl (C=O) groups is 2. The molecule has 3 rings (SSSR count). The Morgan fingerprint density at radius 2 is 1.79 bits per heavy atom. The van der Waals surface area contributed by atoms with Crippen LogP contribution in [-0.2, 0) is 4.79 Å². The number of nitrogens with one attached hydrogen (secondary N) is 3. The summed E-state index contributed by atoms with van der Waals surface area (Å²) in [7, 11) is 1.60. The minimum atomic E-state index is -0.786. The molecular weight excluding hydrogens is 485 g/mol. The maximum absolute atomic E-state index is 13.0. The molecule has 0 bridgehead atoms. The van der Waals surface area contributed by atoms with E-state index in [0.29, 0.717) is 32.3 Å². The molecule has 174 valence electrons. The molecule has 3 amide bonds. The Hall–Kier alpha value is -2.88. The van der Waals surface area contributed by atoms with Crippen LogP contribution < -0.4 is 20.7 Å². The van der Waals surface area contributed by atoms with Gasteiger partial charge in [0, 0.05) is 11.3 Å². The molecular formula is C22H23Cl2N5O3S. The molecule has 8 nitrogen and oxygen atoms in total. The first-order chi connectivity index (χ1) is 15.8. The van der Waals surface area contributed by atoms with Crippen molar-refractivity contribution in [2.24, 2.45) is 5.92 Å². The average molecular weight is 508 g/mol. The number of hydrogen-bond donors (Lipinski definition) is 3. The fourth-order valence-electron chi connectivity index (χ4n) is 2.89. The number of methoxy groups -OCH3 is 1. The number of ether oxygens (including phenoxy) is 1. The summed E-state index contributed by atoms with van der Waals surface area (Å²) >= 11 is 13.1. The Morgan fingerprint density at radius 1 is 1.06 bits per heavy atom. The molecule has 0 saturated carbocycles. The van der Waals surface area contributed by atoms with Gasteiger partial charge in [0.15, 0.2) is 0 Å². The Kier molecular flexibility index (Phi) is 8.49. The second-order valence-electron chi connectivity index (χ2n) is 7.22. The van der Waals surface area contributed by atoms with Gasteiger partial charge in [-0.2, -0.15) is 0 Å². The Labute approximate surface area is 205 Å². The summed E-state index contributed by atoms with van der Waals surface area (Å²) in [6.07, 6.45) is 0.679. The van der Waals surface area contributed by atoms with Gasteiger partial charge in [0.2, 0.25) is 11.0 Å². The van der Waals surface area contributed by atoms with E-state index in [1.165, 1.54) is 17.4 Å². The highest BCUT2D eigenvalue weighted by atomic mass is 35.5. The maximum atomic E-state index is 13.0. The van der Waals surface area contributed by atoms with E-state index < -0.39 is 12.1 Å². The number of halogens is 2. The van der Waals surface area contributed by atoms with Crippen LogP contribution in [0.5, 0.6) is 5.75 Å². The summed E-state index contributed by atoms with van der Waals surface area (Å²) in [4.78, 5) is 25.5. The van der Waals surface area contributed by atoms with Gasteiger partial charge in [-0.1, -0.05) is 54.8 Å². The summed E-state index contributed by atoms with van der Waals surface area (Å²) in [5.41, 5.74) is 1.31. The van der Waals surface area contributed by atoms with Gasteiger partial charge in [-0.3, -0.25) is 10.1 Å². The van der Waals surface area contributed by atoms with Gasteiger partial charge in [0.25, 0.3) is 0 Å². The van der Waals surface area contributed by atoms with E-state index in [-0.39, 0.29) is 11.8 Å². The van der Waals surface area contributed by atoms with Crippen molar-refractivity contribution < 1.29 is 14.3 Å². The van der Waals surface area contributed by atoms with Gasteiger partial charge >= 0.3 is 6.03 Å². The number of hydrogen-bond acceptors (Lipinski definition) is 6. The van der Waals surface area contributed by atoms with Gasteiger partial charge in [-0.05, 0) is 48.4 Å². The molecule has 0 aliphatic carbocycles. The predicted octanol–water partition coefficient (Wildman–Crippen LogP) is 5.70. The van der Waals surface area contributed by atoms with Crippen molar-refractivity contribution in [1.29, 1.82) is 0 Å². The van der Waals surface area contributed by atoms with E-state index in [0.717, 1.165) is 11.3 Å². The fourth-order valence-corrected chi connectivity index (χ4v) is 3.94. The molecule has 3 aromatic rings. The third kappa shape index (κ3) is 6.56. The number of carbonyl (C=O) groups excluding carboxylic acids is 2. The number of anilines is 2. The summed E-state index contributed by atoms with van der Waals surface area (Å²) in [6, 6.07) is 10.8. The zero-order valence-electron chi connectivity index (χ0n) is 18.2. The highest BCUT2D eigenvalue weighted by Gasteiger charge is 2.27. The zero-order valence-corrected chi connectivity index (χ0v) is 20.5. The summed E-state index contributed by atoms with van der Waals surface area (Å²) in [5.74, 6) is 0.225. The quantitative estimate of drug-likeness (QED) is 0.362. The monoisotopic (exact) mass is 507 g/mol. The first-order valence-corrected chi connectivity index (χ1v) is 11.7. The number of aromatic nitrogens is 2. The largest absolute Gasteiger partial charge is 0.497 e. The molecule has 0 unspecified atom stereocenters. The van der Waals surface area contributed by atoms with Crippen LogP contribution in [-0.4, -0.2) is 35.3 Å². The van der Waals surface area contributed by atoms with Crippen LogP contribution in [0.2, 0.25) is 10.0 Å². The Morgan fingerprint density at radius 3 is 2.42 bits per heavy atom. The third-order valence-corrected chi connectivity index (χ3v) is 6.58. The molecule has 2 atom stereocenters. The van der Waals surface area contributed by atoms with Crippen molar-refractivity contribution in [2.75, 3.05) is 17.7 Å². The molecule has 0 aliphatic heterocycles. The van der Waals surface area contributed by atoms with Crippen LogP contribution >= 0.6 is 34.5 Å². The second kappa shape index (κ2) is 11.3. The van der Waals surface area contributed by atoms with Crippen LogP contribution in [0.1, 0.15) is 20.3 Å². The maximum Gasteiger partial charge on any atom is 0.319 e. The van der Waals surface area contributed by atoms with Crippen molar-refractivity contribution in [3.05, 3.63) is 52.5 Å². The minimum Gasteiger partial charge on any atom is -0.497 e. The van der Waals surface area contributed by atoms with Gasteiger partial charge in [-0.15, -0.1) is 10.2 Å². The smallest absolute Gasteiger partial charge is 0.319 e. The van der Waals surface area contributed by atoms with Crippen LogP contribution in [0.3, 0.4) is 0 Å². The lowest BCUT2D eigenvalue weighted by atomic mass is 9.98. The SMILES string of the molecule is CC[C@@H](C)[C@@H](NC(=O)Nc1ccc(Cl)c(Cl)c1)C(=O)Nc1nnc(-c2ccc(OC)cc2)s1. The van der Waals surface area contributed by atoms with Crippen LogP contribution in [0.15, 0.2) is 42.5 Å². The second-order valence-corrected chi connectivity index (χ2v) is 9.01. The minimum absolute atomic E-state index is 0.126. The predicted molar refractivity (Wildman–Crippen MR) is 132 cm³/mol. The molecule has 11 heteroatoms. The molecule has 1 aromatic heterocycles. The Balaban J connectivity index is 1.67. The standard InChI is InChI=1S/C22H23Cl2N5O3S/c1-4-12(2)18(26-21(31)25-14-7-10-16(23)17(24)11-14)19(30)27-22-29-28-20(33-22)13-5-8-15(32-3)9-6-13/h5-12,18H,4H2,1-3H3,(H2,25,26,31)(H,27,29,30)/t12-,18-/m1/s1. The van der Waals surface area contributed by atoms with Gasteiger partial charge in [0.05, 0.1) is 17.2 Å². The Bertz CT molecular complexity index is 1120. The molecule has 2 aromatic carbocycles. The third-order valence-electron chi connectivity index (χ3n) is 4.95. The van der Waals surface area contributed by atoms with Crippen LogP contribution in [0.25, 0.3) is 10.6 Å². The highest BCUT2D eigenvalue weighted by Crippen LogP contribution is 2.28. The van der Waals surface area contributed by atoms with Crippen molar-refractivity contribution in [3.63, 3.8) is 0 Å². The van der Waals surface area contributed by atoms with Crippen LogP contribution in [0, 0.1) is 5.92 Å². The van der Waals surface area contributed by atoms with Gasteiger partial charge in [-0.25, -0.2) is 4.79 Å². The lowest BCUT2D eigenvalue weighted by molar-refractivity contribution is -0.119. The first kappa shape index (κ1) is 24.8. The van der Waals surface area contributed by atoms with Crippen molar-refractivity contribution >= 4 is 57.3 Å².